The van der Waals surface area contributed by atoms with E-state index in [2.05, 4.69) is 15.6 Å². The molecular weight excluding hydrogens is 386 g/mol. The molecule has 2 N–H and O–H groups in total. The second-order valence-electron chi connectivity index (χ2n) is 7.79. The summed E-state index contributed by atoms with van der Waals surface area (Å²) in [5.74, 6) is -0.936. The lowest BCUT2D eigenvalue weighted by molar-refractivity contribution is -0.127. The highest BCUT2D eigenvalue weighted by Crippen LogP contribution is 2.26. The molecule has 8 heteroatoms. The Morgan fingerprint density at radius 2 is 1.83 bits per heavy atom. The fourth-order valence-corrected chi connectivity index (χ4v) is 2.76. The van der Waals surface area contributed by atoms with E-state index in [1.165, 1.54) is 13.2 Å². The molecular formula is C22H23N3O5. The summed E-state index contributed by atoms with van der Waals surface area (Å²) >= 11 is 0. The molecule has 3 aromatic rings. The zero-order valence-corrected chi connectivity index (χ0v) is 17.2. The number of imide groups is 1. The molecule has 3 rings (SSSR count). The van der Waals surface area contributed by atoms with Crippen molar-refractivity contribution in [3.05, 3.63) is 54.3 Å². The predicted molar refractivity (Wildman–Crippen MR) is 111 cm³/mol. The Hall–Kier alpha value is -3.68. The number of carbonyl (C=O) groups excluding carboxylic acids is 3. The third-order valence-electron chi connectivity index (χ3n) is 4.09. The number of hydrogen-bond donors (Lipinski definition) is 2. The highest BCUT2D eigenvalue weighted by Gasteiger charge is 2.24. The topological polar surface area (TPSA) is 111 Å². The summed E-state index contributed by atoms with van der Waals surface area (Å²) in [6, 6.07) is 11.4. The van der Waals surface area contributed by atoms with Crippen molar-refractivity contribution in [2.24, 2.45) is 0 Å². The van der Waals surface area contributed by atoms with Crippen LogP contribution in [0.5, 0.6) is 0 Å². The summed E-state index contributed by atoms with van der Waals surface area (Å²) in [6.45, 7) is 6.75. The number of hydrogen-bond acceptors (Lipinski definition) is 6. The van der Waals surface area contributed by atoms with Gasteiger partial charge in [0, 0.05) is 10.9 Å². The Morgan fingerprint density at radius 1 is 1.10 bits per heavy atom. The van der Waals surface area contributed by atoms with Crippen LogP contribution in [0.3, 0.4) is 0 Å². The highest BCUT2D eigenvalue weighted by atomic mass is 16.5. The lowest BCUT2D eigenvalue weighted by Gasteiger charge is -2.21. The molecule has 2 aromatic heterocycles. The number of nitrogens with zero attached hydrogens (tertiary/aromatic N) is 1. The Kier molecular flexibility index (Phi) is 5.86. The van der Waals surface area contributed by atoms with Crippen molar-refractivity contribution in [2.75, 3.05) is 0 Å². The lowest BCUT2D eigenvalue weighted by atomic mass is 10.1. The average Bonchev–Trinajstić information content (AvgIpc) is 3.20. The van der Waals surface area contributed by atoms with Crippen LogP contribution in [0.2, 0.25) is 0 Å². The van der Waals surface area contributed by atoms with E-state index in [1.54, 1.807) is 63.2 Å². The minimum absolute atomic E-state index is 0.241. The van der Waals surface area contributed by atoms with Crippen molar-refractivity contribution in [3.8, 4) is 11.5 Å². The summed E-state index contributed by atoms with van der Waals surface area (Å²) in [6.07, 6.45) is 0.335. The normalized spacial score (nSPS) is 12.3. The third-order valence-corrected chi connectivity index (χ3v) is 4.09. The maximum atomic E-state index is 12.8. The van der Waals surface area contributed by atoms with Crippen LogP contribution in [0.15, 0.2) is 53.1 Å². The molecule has 1 atom stereocenters. The van der Waals surface area contributed by atoms with Gasteiger partial charge in [0.2, 0.25) is 0 Å². The van der Waals surface area contributed by atoms with Crippen molar-refractivity contribution in [1.82, 2.24) is 15.6 Å². The van der Waals surface area contributed by atoms with E-state index in [0.29, 0.717) is 22.4 Å². The summed E-state index contributed by atoms with van der Waals surface area (Å²) in [4.78, 5) is 41.5. The minimum atomic E-state index is -1.18. The van der Waals surface area contributed by atoms with E-state index in [9.17, 15) is 14.4 Å². The first-order chi connectivity index (χ1) is 14.1. The number of benzene rings is 1. The molecule has 0 bridgehead atoms. The van der Waals surface area contributed by atoms with E-state index < -0.39 is 29.6 Å². The van der Waals surface area contributed by atoms with E-state index in [-0.39, 0.29) is 5.56 Å². The number of rotatable bonds is 4. The van der Waals surface area contributed by atoms with Crippen molar-refractivity contribution in [3.63, 3.8) is 0 Å². The standard InChI is InChI=1S/C22H23N3O5/c1-13(19(26)24-21(28)25-22(2,3)4)30-20(27)15-12-17(18-10-7-11-29-18)23-16-9-6-5-8-14(15)16/h5-13H,1-4H3,(H2,24,25,26,28)/t13-/m1/s1. The highest BCUT2D eigenvalue weighted by molar-refractivity contribution is 6.05. The minimum Gasteiger partial charge on any atom is -0.463 e. The number of esters is 1. The fourth-order valence-electron chi connectivity index (χ4n) is 2.76. The summed E-state index contributed by atoms with van der Waals surface area (Å²) in [5, 5.41) is 5.36. The van der Waals surface area contributed by atoms with Crippen LogP contribution < -0.4 is 10.6 Å². The maximum Gasteiger partial charge on any atom is 0.339 e. The molecule has 0 aliphatic rings. The van der Waals surface area contributed by atoms with Crippen molar-refractivity contribution < 1.29 is 23.5 Å². The van der Waals surface area contributed by atoms with Gasteiger partial charge in [0.15, 0.2) is 11.9 Å². The second kappa shape index (κ2) is 8.36. The molecule has 0 fully saturated rings. The third kappa shape index (κ3) is 5.02. The van der Waals surface area contributed by atoms with Gasteiger partial charge in [0.05, 0.1) is 17.3 Å². The number of urea groups is 1. The number of carbonyl (C=O) groups is 3. The van der Waals surface area contributed by atoms with Crippen LogP contribution in [-0.4, -0.2) is 34.5 Å². The number of pyridine rings is 1. The Balaban J connectivity index is 1.81. The lowest BCUT2D eigenvalue weighted by Crippen LogP contribution is -2.50. The predicted octanol–water partition coefficient (Wildman–Crippen LogP) is 3.66. The molecule has 0 unspecified atom stereocenters. The first kappa shape index (κ1) is 21.0. The van der Waals surface area contributed by atoms with Crippen molar-refractivity contribution in [2.45, 2.75) is 39.3 Å². The smallest absolute Gasteiger partial charge is 0.339 e. The maximum absolute atomic E-state index is 12.8. The van der Waals surface area contributed by atoms with Crippen LogP contribution in [-0.2, 0) is 9.53 Å². The number of furan rings is 1. The summed E-state index contributed by atoms with van der Waals surface area (Å²) in [5.41, 5.74) is 0.778. The van der Waals surface area contributed by atoms with Crippen LogP contribution >= 0.6 is 0 Å². The molecule has 0 spiro atoms. The number of fused-ring (bicyclic) bond motifs is 1. The van der Waals surface area contributed by atoms with Gasteiger partial charge in [-0.2, -0.15) is 0 Å². The summed E-state index contributed by atoms with van der Waals surface area (Å²) in [7, 11) is 0. The Bertz CT molecular complexity index is 1080. The van der Waals surface area contributed by atoms with Crippen molar-refractivity contribution in [1.29, 1.82) is 0 Å². The Labute approximate surface area is 173 Å². The van der Waals surface area contributed by atoms with Gasteiger partial charge in [-0.3, -0.25) is 10.1 Å². The fraction of sp³-hybridized carbons (Fsp3) is 0.273. The van der Waals surface area contributed by atoms with Gasteiger partial charge < -0.3 is 14.5 Å². The molecule has 1 aromatic carbocycles. The van der Waals surface area contributed by atoms with Crippen LogP contribution in [0, 0.1) is 0 Å². The molecule has 8 nitrogen and oxygen atoms in total. The first-order valence-corrected chi connectivity index (χ1v) is 9.42. The first-order valence-electron chi connectivity index (χ1n) is 9.42. The molecule has 0 saturated carbocycles. The SMILES string of the molecule is C[C@@H](OC(=O)c1cc(-c2ccco2)nc2ccccc12)C(=O)NC(=O)NC(C)(C)C. The van der Waals surface area contributed by atoms with Gasteiger partial charge in [-0.15, -0.1) is 0 Å². The number of amides is 3. The van der Waals surface area contributed by atoms with Gasteiger partial charge in [-0.25, -0.2) is 14.6 Å². The molecule has 0 saturated heterocycles. The van der Waals surface area contributed by atoms with Gasteiger partial charge in [-0.05, 0) is 52.0 Å². The van der Waals surface area contributed by atoms with E-state index in [0.717, 1.165) is 0 Å². The van der Waals surface area contributed by atoms with Crippen LogP contribution in [0.25, 0.3) is 22.4 Å². The molecule has 156 valence electrons. The Morgan fingerprint density at radius 3 is 2.50 bits per heavy atom. The second-order valence-corrected chi connectivity index (χ2v) is 7.79. The van der Waals surface area contributed by atoms with E-state index in [1.807, 2.05) is 0 Å². The van der Waals surface area contributed by atoms with Gasteiger partial charge in [-0.1, -0.05) is 18.2 Å². The zero-order chi connectivity index (χ0) is 21.9. The number of nitrogens with one attached hydrogen (secondary N) is 2. The van der Waals surface area contributed by atoms with Gasteiger partial charge >= 0.3 is 12.0 Å². The molecule has 0 radical (unpaired) electrons. The van der Waals surface area contributed by atoms with Gasteiger partial charge in [0.25, 0.3) is 5.91 Å². The van der Waals surface area contributed by atoms with E-state index in [4.69, 9.17) is 9.15 Å². The number of para-hydroxylation sites is 1. The molecule has 2 heterocycles. The quantitative estimate of drug-likeness (QED) is 0.636. The number of ether oxygens (including phenoxy) is 1. The molecule has 3 amide bonds. The summed E-state index contributed by atoms with van der Waals surface area (Å²) < 4.78 is 10.7. The molecule has 0 aliphatic heterocycles. The van der Waals surface area contributed by atoms with Crippen molar-refractivity contribution >= 4 is 28.8 Å². The zero-order valence-electron chi connectivity index (χ0n) is 17.2. The van der Waals surface area contributed by atoms with Gasteiger partial charge in [0.1, 0.15) is 5.69 Å². The van der Waals surface area contributed by atoms with Crippen LogP contribution in [0.1, 0.15) is 38.1 Å². The monoisotopic (exact) mass is 409 g/mol. The molecule has 0 aliphatic carbocycles. The van der Waals surface area contributed by atoms with Crippen LogP contribution in [0.4, 0.5) is 4.79 Å². The largest absolute Gasteiger partial charge is 0.463 e. The average molecular weight is 409 g/mol. The molecule has 30 heavy (non-hydrogen) atoms. The van der Waals surface area contributed by atoms with E-state index >= 15 is 0 Å². The number of aromatic nitrogens is 1.